The van der Waals surface area contributed by atoms with E-state index in [0.717, 1.165) is 22.4 Å². The van der Waals surface area contributed by atoms with Crippen molar-refractivity contribution in [3.8, 4) is 0 Å². The fourth-order valence-electron chi connectivity index (χ4n) is 2.64. The Morgan fingerprint density at radius 1 is 1.12 bits per heavy atom. The summed E-state index contributed by atoms with van der Waals surface area (Å²) in [5.41, 5.74) is 3.55. The summed E-state index contributed by atoms with van der Waals surface area (Å²) in [7, 11) is 1.76. The van der Waals surface area contributed by atoms with Crippen LogP contribution in [0, 0.1) is 6.92 Å². The van der Waals surface area contributed by atoms with Crippen molar-refractivity contribution in [2.75, 3.05) is 0 Å². The molecule has 0 N–H and O–H groups in total. The molecule has 0 saturated heterocycles. The lowest BCUT2D eigenvalue weighted by Crippen LogP contribution is -2.25. The van der Waals surface area contributed by atoms with Gasteiger partial charge in [-0.15, -0.1) is 0 Å². The predicted octanol–water partition coefficient (Wildman–Crippen LogP) is 5.28. The Morgan fingerprint density at radius 3 is 2.54 bits per heavy atom. The van der Waals surface area contributed by atoms with Crippen LogP contribution >= 0.6 is 35.0 Å². The molecular weight excluding hydrogens is 387 g/mol. The minimum Gasteiger partial charge on any atom is -0.291 e. The first-order valence-corrected chi connectivity index (χ1v) is 9.87. The first-order chi connectivity index (χ1) is 12.5. The lowest BCUT2D eigenvalue weighted by Gasteiger charge is -2.12. The van der Waals surface area contributed by atoms with E-state index in [-0.39, 0.29) is 5.56 Å². The van der Waals surface area contributed by atoms with E-state index in [0.29, 0.717) is 27.4 Å². The molecule has 0 atom stereocenters. The average Bonchev–Trinajstić information content (AvgIpc) is 2.63. The van der Waals surface area contributed by atoms with Crippen LogP contribution in [0.2, 0.25) is 10.0 Å². The van der Waals surface area contributed by atoms with Crippen LogP contribution in [0.25, 0.3) is 0 Å². The van der Waals surface area contributed by atoms with Gasteiger partial charge in [0.25, 0.3) is 5.56 Å². The summed E-state index contributed by atoms with van der Waals surface area (Å²) in [4.78, 5) is 17.5. The van der Waals surface area contributed by atoms with Gasteiger partial charge < -0.3 is 0 Å². The molecule has 0 aliphatic heterocycles. The predicted molar refractivity (Wildman–Crippen MR) is 109 cm³/mol. The average molecular weight is 405 g/mol. The molecule has 0 bridgehead atoms. The Morgan fingerprint density at radius 2 is 1.85 bits per heavy atom. The molecule has 26 heavy (non-hydrogen) atoms. The van der Waals surface area contributed by atoms with E-state index in [9.17, 15) is 4.79 Å². The van der Waals surface area contributed by atoms with Crippen molar-refractivity contribution in [2.45, 2.75) is 24.3 Å². The summed E-state index contributed by atoms with van der Waals surface area (Å²) in [6.45, 7) is 1.89. The summed E-state index contributed by atoms with van der Waals surface area (Å²) < 4.78 is 1.61. The van der Waals surface area contributed by atoms with Crippen LogP contribution in [0.3, 0.4) is 0 Å². The topological polar surface area (TPSA) is 34.9 Å². The van der Waals surface area contributed by atoms with Crippen LogP contribution < -0.4 is 5.56 Å². The molecule has 3 rings (SSSR count). The van der Waals surface area contributed by atoms with Gasteiger partial charge in [-0.3, -0.25) is 9.36 Å². The van der Waals surface area contributed by atoms with Crippen LogP contribution in [0.15, 0.2) is 58.5 Å². The number of thioether (sulfide) groups is 1. The molecule has 0 saturated carbocycles. The SMILES string of the molecule is Cc1nc(SCc2ccc(Cl)cc2Cl)n(C)c(=O)c1Cc1ccccc1. The Labute approximate surface area is 167 Å². The molecule has 0 spiro atoms. The van der Waals surface area contributed by atoms with E-state index in [1.165, 1.54) is 11.8 Å². The smallest absolute Gasteiger partial charge is 0.257 e. The quantitative estimate of drug-likeness (QED) is 0.428. The standard InChI is InChI=1S/C20H18Cl2N2OS/c1-13-17(10-14-6-4-3-5-7-14)19(25)24(2)20(23-13)26-12-15-8-9-16(21)11-18(15)22/h3-9,11H,10,12H2,1-2H3. The molecule has 3 aromatic rings. The highest BCUT2D eigenvalue weighted by atomic mass is 35.5. The molecule has 0 unspecified atom stereocenters. The number of benzene rings is 2. The maximum absolute atomic E-state index is 12.8. The van der Waals surface area contributed by atoms with Gasteiger partial charge in [-0.25, -0.2) is 4.98 Å². The molecule has 2 aromatic carbocycles. The third-order valence-electron chi connectivity index (χ3n) is 4.15. The zero-order valence-electron chi connectivity index (χ0n) is 14.5. The largest absolute Gasteiger partial charge is 0.291 e. The van der Waals surface area contributed by atoms with E-state index in [1.807, 2.05) is 49.4 Å². The molecule has 1 heterocycles. The maximum atomic E-state index is 12.8. The number of aromatic nitrogens is 2. The van der Waals surface area contributed by atoms with Crippen LogP contribution in [-0.4, -0.2) is 9.55 Å². The molecular formula is C20H18Cl2N2OS. The van der Waals surface area contributed by atoms with E-state index < -0.39 is 0 Å². The third-order valence-corrected chi connectivity index (χ3v) is 5.81. The summed E-state index contributed by atoms with van der Waals surface area (Å²) in [6, 6.07) is 15.4. The molecule has 1 aromatic heterocycles. The summed E-state index contributed by atoms with van der Waals surface area (Å²) >= 11 is 13.7. The zero-order valence-corrected chi connectivity index (χ0v) is 16.8. The second-order valence-corrected chi connectivity index (χ2v) is 7.80. The van der Waals surface area contributed by atoms with Gasteiger partial charge in [-0.2, -0.15) is 0 Å². The van der Waals surface area contributed by atoms with Gasteiger partial charge in [0, 0.05) is 40.5 Å². The number of rotatable bonds is 5. The molecule has 0 fully saturated rings. The number of halogens is 2. The normalized spacial score (nSPS) is 10.9. The van der Waals surface area contributed by atoms with Crippen LogP contribution in [0.5, 0.6) is 0 Å². The molecule has 0 aliphatic carbocycles. The Hall–Kier alpha value is -1.75. The highest BCUT2D eigenvalue weighted by Crippen LogP contribution is 2.27. The summed E-state index contributed by atoms with van der Waals surface area (Å²) in [5.74, 6) is 0.619. The Kier molecular flexibility index (Phi) is 6.07. The van der Waals surface area contributed by atoms with Gasteiger partial charge in [0.2, 0.25) is 0 Å². The van der Waals surface area contributed by atoms with Gasteiger partial charge in [0.05, 0.1) is 0 Å². The fraction of sp³-hybridized carbons (Fsp3) is 0.200. The Bertz CT molecular complexity index is 987. The van der Waals surface area contributed by atoms with Gasteiger partial charge in [-0.1, -0.05) is 71.4 Å². The van der Waals surface area contributed by atoms with Crippen molar-refractivity contribution >= 4 is 35.0 Å². The number of aryl methyl sites for hydroxylation is 1. The first kappa shape index (κ1) is 19.0. The minimum absolute atomic E-state index is 0.00828. The van der Waals surface area contributed by atoms with Crippen molar-refractivity contribution in [1.29, 1.82) is 0 Å². The van der Waals surface area contributed by atoms with Gasteiger partial charge in [-0.05, 0) is 30.2 Å². The van der Waals surface area contributed by atoms with Gasteiger partial charge in [0.1, 0.15) is 0 Å². The van der Waals surface area contributed by atoms with Crippen molar-refractivity contribution in [3.05, 3.63) is 91.3 Å². The van der Waals surface area contributed by atoms with E-state index in [1.54, 1.807) is 17.7 Å². The minimum atomic E-state index is -0.00828. The van der Waals surface area contributed by atoms with E-state index >= 15 is 0 Å². The lowest BCUT2D eigenvalue weighted by molar-refractivity contribution is 0.683. The van der Waals surface area contributed by atoms with E-state index in [4.69, 9.17) is 23.2 Å². The molecule has 0 aliphatic rings. The van der Waals surface area contributed by atoms with Crippen molar-refractivity contribution in [2.24, 2.45) is 7.05 Å². The molecule has 134 valence electrons. The van der Waals surface area contributed by atoms with Gasteiger partial charge in [0.15, 0.2) is 5.16 Å². The molecule has 3 nitrogen and oxygen atoms in total. The first-order valence-electron chi connectivity index (χ1n) is 8.13. The van der Waals surface area contributed by atoms with Crippen LogP contribution in [0.1, 0.15) is 22.4 Å². The highest BCUT2D eigenvalue weighted by molar-refractivity contribution is 7.98. The second-order valence-electron chi connectivity index (χ2n) is 6.01. The van der Waals surface area contributed by atoms with E-state index in [2.05, 4.69) is 4.98 Å². The number of hydrogen-bond acceptors (Lipinski definition) is 3. The number of nitrogens with zero attached hydrogens (tertiary/aromatic N) is 2. The second kappa shape index (κ2) is 8.30. The maximum Gasteiger partial charge on any atom is 0.257 e. The third kappa shape index (κ3) is 4.32. The van der Waals surface area contributed by atoms with Gasteiger partial charge >= 0.3 is 0 Å². The zero-order chi connectivity index (χ0) is 18.7. The Balaban J connectivity index is 1.84. The fourth-order valence-corrected chi connectivity index (χ4v) is 4.21. The number of hydrogen-bond donors (Lipinski definition) is 0. The summed E-state index contributed by atoms with van der Waals surface area (Å²) in [6.07, 6.45) is 0.584. The van der Waals surface area contributed by atoms with Crippen molar-refractivity contribution < 1.29 is 0 Å². The molecule has 0 amide bonds. The molecule has 6 heteroatoms. The molecule has 0 radical (unpaired) electrons. The van der Waals surface area contributed by atoms with Crippen LogP contribution in [-0.2, 0) is 19.2 Å². The van der Waals surface area contributed by atoms with Crippen molar-refractivity contribution in [1.82, 2.24) is 9.55 Å². The monoisotopic (exact) mass is 404 g/mol. The highest BCUT2D eigenvalue weighted by Gasteiger charge is 2.13. The van der Waals surface area contributed by atoms with Crippen LogP contribution in [0.4, 0.5) is 0 Å². The van der Waals surface area contributed by atoms with Crippen molar-refractivity contribution in [3.63, 3.8) is 0 Å². The lowest BCUT2D eigenvalue weighted by atomic mass is 10.1. The summed E-state index contributed by atoms with van der Waals surface area (Å²) in [5, 5.41) is 1.90.